The van der Waals surface area contributed by atoms with Crippen LogP contribution >= 0.6 is 0 Å². The van der Waals surface area contributed by atoms with E-state index in [0.717, 1.165) is 6.04 Å². The van der Waals surface area contributed by atoms with E-state index in [9.17, 15) is 9.90 Å². The van der Waals surface area contributed by atoms with Gasteiger partial charge in [-0.25, -0.2) is 4.79 Å². The Morgan fingerprint density at radius 1 is 1.52 bits per heavy atom. The lowest BCUT2D eigenvalue weighted by Gasteiger charge is -2.19. The maximum atomic E-state index is 10.6. The van der Waals surface area contributed by atoms with E-state index < -0.39 is 26.3 Å². The Morgan fingerprint density at radius 3 is 2.76 bits per heavy atom. The molecule has 9 heteroatoms. The van der Waals surface area contributed by atoms with Crippen molar-refractivity contribution in [3.63, 3.8) is 0 Å². The highest BCUT2D eigenvalue weighted by molar-refractivity contribution is 6.76. The second kappa shape index (κ2) is 7.53. The highest BCUT2D eigenvalue weighted by atomic mass is 28.3. The van der Waals surface area contributed by atoms with Crippen molar-refractivity contribution in [1.82, 2.24) is 20.1 Å². The molecule has 0 saturated heterocycles. The predicted octanol–water partition coefficient (Wildman–Crippen LogP) is 1.28. The third-order valence-corrected chi connectivity index (χ3v) is 4.67. The first-order valence-corrected chi connectivity index (χ1v) is 10.5. The number of carboxylic acid groups (broad SMARTS) is 1. The summed E-state index contributed by atoms with van der Waals surface area (Å²) < 4.78 is 7.15. The smallest absolute Gasteiger partial charge is 0.404 e. The summed E-state index contributed by atoms with van der Waals surface area (Å²) in [6.07, 6.45) is -0.816. The first-order chi connectivity index (χ1) is 9.70. The number of rotatable bonds is 8. The minimum atomic E-state index is -1.20. The van der Waals surface area contributed by atoms with E-state index in [0.29, 0.717) is 6.61 Å². The molecule has 1 heterocycles. The van der Waals surface area contributed by atoms with E-state index in [2.05, 4.69) is 35.2 Å². The summed E-state index contributed by atoms with van der Waals surface area (Å²) in [5.41, 5.74) is 0. The van der Waals surface area contributed by atoms with Gasteiger partial charge in [0.1, 0.15) is 19.2 Å². The highest BCUT2D eigenvalue weighted by Gasteiger charge is 2.23. The molecule has 120 valence electrons. The molecular formula is C12H24N4O4Si. The molecule has 1 aromatic heterocycles. The Morgan fingerprint density at radius 2 is 2.19 bits per heavy atom. The normalized spacial score (nSPS) is 14.7. The summed E-state index contributed by atoms with van der Waals surface area (Å²) in [6, 6.07) is 0.358. The van der Waals surface area contributed by atoms with Gasteiger partial charge in [-0.2, -0.15) is 0 Å². The molecule has 2 atom stereocenters. The summed E-state index contributed by atoms with van der Waals surface area (Å²) in [7, 11) is -1.14. The van der Waals surface area contributed by atoms with Gasteiger partial charge in [0.25, 0.3) is 0 Å². The zero-order valence-corrected chi connectivity index (χ0v) is 13.9. The van der Waals surface area contributed by atoms with Crippen molar-refractivity contribution in [3.8, 4) is 0 Å². The van der Waals surface area contributed by atoms with E-state index in [-0.39, 0.29) is 12.6 Å². The van der Waals surface area contributed by atoms with Crippen molar-refractivity contribution in [2.24, 2.45) is 0 Å². The quantitative estimate of drug-likeness (QED) is 0.492. The third kappa shape index (κ3) is 6.23. The molecule has 0 aliphatic heterocycles. The first-order valence-electron chi connectivity index (χ1n) is 6.83. The van der Waals surface area contributed by atoms with Gasteiger partial charge in [-0.15, -0.1) is 10.2 Å². The molecule has 1 amide bonds. The minimum absolute atomic E-state index is 0.240. The van der Waals surface area contributed by atoms with Crippen molar-refractivity contribution in [2.75, 3.05) is 6.61 Å². The van der Waals surface area contributed by atoms with Gasteiger partial charge >= 0.3 is 6.09 Å². The molecule has 8 nitrogen and oxygen atoms in total. The van der Waals surface area contributed by atoms with Crippen LogP contribution in [0.25, 0.3) is 0 Å². The van der Waals surface area contributed by atoms with Crippen LogP contribution in [0.2, 0.25) is 25.7 Å². The molecule has 0 bridgehead atoms. The van der Waals surface area contributed by atoms with Crippen molar-refractivity contribution in [3.05, 3.63) is 12.2 Å². The molecule has 0 radical (unpaired) electrons. The lowest BCUT2D eigenvalue weighted by molar-refractivity contribution is 0.0684. The van der Waals surface area contributed by atoms with Crippen LogP contribution in [-0.4, -0.2) is 51.8 Å². The zero-order chi connectivity index (χ0) is 16.0. The van der Waals surface area contributed by atoms with E-state index in [1.807, 2.05) is 0 Å². The largest absolute Gasteiger partial charge is 0.465 e. The van der Waals surface area contributed by atoms with Crippen LogP contribution in [0, 0.1) is 0 Å². The number of aliphatic hydroxyl groups excluding tert-OH is 1. The molecule has 1 rings (SSSR count). The molecule has 0 spiro atoms. The Kier molecular flexibility index (Phi) is 6.31. The summed E-state index contributed by atoms with van der Waals surface area (Å²) in [5, 5.41) is 28.5. The van der Waals surface area contributed by atoms with Gasteiger partial charge in [0.05, 0.1) is 6.04 Å². The fraction of sp³-hybridized carbons (Fsp3) is 0.750. The Balaban J connectivity index is 2.54. The average molecular weight is 316 g/mol. The van der Waals surface area contributed by atoms with Crippen LogP contribution in [-0.2, 0) is 11.5 Å². The third-order valence-electron chi connectivity index (χ3n) is 2.96. The van der Waals surface area contributed by atoms with E-state index in [1.54, 1.807) is 11.5 Å². The molecule has 0 aliphatic carbocycles. The van der Waals surface area contributed by atoms with Gasteiger partial charge in [-0.3, -0.25) is 4.57 Å². The van der Waals surface area contributed by atoms with E-state index in [4.69, 9.17) is 9.84 Å². The maximum Gasteiger partial charge on any atom is 0.404 e. The van der Waals surface area contributed by atoms with Crippen LogP contribution in [0.15, 0.2) is 6.33 Å². The minimum Gasteiger partial charge on any atom is -0.465 e. The van der Waals surface area contributed by atoms with Crippen LogP contribution in [0.3, 0.4) is 0 Å². The van der Waals surface area contributed by atoms with Crippen molar-refractivity contribution >= 4 is 14.2 Å². The summed E-state index contributed by atoms with van der Waals surface area (Å²) >= 11 is 0. The number of nitrogens with zero attached hydrogens (tertiary/aromatic N) is 3. The Labute approximate surface area is 125 Å². The summed E-state index contributed by atoms with van der Waals surface area (Å²) in [4.78, 5) is 10.6. The second-order valence-corrected chi connectivity index (χ2v) is 11.8. The van der Waals surface area contributed by atoms with Crippen molar-refractivity contribution < 1.29 is 19.7 Å². The predicted molar refractivity (Wildman–Crippen MR) is 79.7 cm³/mol. The number of aromatic nitrogens is 3. The highest BCUT2D eigenvalue weighted by Crippen LogP contribution is 2.14. The number of hydrogen-bond donors (Lipinski definition) is 3. The van der Waals surface area contributed by atoms with Gasteiger partial charge < -0.3 is 20.3 Å². The molecule has 0 fully saturated rings. The monoisotopic (exact) mass is 316 g/mol. The van der Waals surface area contributed by atoms with Gasteiger partial charge in [0, 0.05) is 14.7 Å². The van der Waals surface area contributed by atoms with Gasteiger partial charge in [-0.05, 0) is 13.0 Å². The zero-order valence-electron chi connectivity index (χ0n) is 12.9. The van der Waals surface area contributed by atoms with E-state index >= 15 is 0 Å². The second-order valence-electron chi connectivity index (χ2n) is 6.19. The Hall–Kier alpha value is -1.45. The molecule has 0 saturated carbocycles. The molecule has 3 N–H and O–H groups in total. The Bertz CT molecular complexity index is 460. The lowest BCUT2D eigenvalue weighted by atomic mass is 10.2. The molecular weight excluding hydrogens is 292 g/mol. The number of carbonyl (C=O) groups is 1. The van der Waals surface area contributed by atoms with Crippen LogP contribution in [0.5, 0.6) is 0 Å². The molecule has 1 unspecified atom stereocenters. The fourth-order valence-electron chi connectivity index (χ4n) is 1.63. The van der Waals surface area contributed by atoms with Crippen molar-refractivity contribution in [1.29, 1.82) is 0 Å². The first kappa shape index (κ1) is 17.6. The molecule has 21 heavy (non-hydrogen) atoms. The molecule has 0 aliphatic rings. The van der Waals surface area contributed by atoms with Gasteiger partial charge in [-0.1, -0.05) is 19.6 Å². The van der Waals surface area contributed by atoms with Gasteiger partial charge in [0.2, 0.25) is 0 Å². The SMILES string of the molecule is C[C@H](NC(=O)O)C(O)c1nncn1COCC[Si](C)(C)C. The fourth-order valence-corrected chi connectivity index (χ4v) is 2.39. The molecule has 0 aromatic carbocycles. The summed E-state index contributed by atoms with van der Waals surface area (Å²) in [6.45, 7) is 9.25. The number of amides is 1. The van der Waals surface area contributed by atoms with Gasteiger partial charge in [0.15, 0.2) is 5.82 Å². The standard InChI is InChI=1S/C12H24N4O4Si/c1-9(14-12(18)19)10(17)11-15-13-7-16(11)8-20-5-6-21(2,3)4/h7,9-10,14,17H,5-6,8H2,1-4H3,(H,18,19)/t9-,10?/m0/s1. The van der Waals surface area contributed by atoms with E-state index in [1.165, 1.54) is 6.33 Å². The number of ether oxygens (including phenoxy) is 1. The van der Waals surface area contributed by atoms with Crippen LogP contribution in [0.1, 0.15) is 18.9 Å². The lowest BCUT2D eigenvalue weighted by Crippen LogP contribution is -2.37. The average Bonchev–Trinajstić information content (AvgIpc) is 2.79. The number of hydrogen-bond acceptors (Lipinski definition) is 5. The van der Waals surface area contributed by atoms with Crippen molar-refractivity contribution in [2.45, 2.75) is 51.5 Å². The number of nitrogens with one attached hydrogen (secondary N) is 1. The number of aliphatic hydroxyl groups is 1. The maximum absolute atomic E-state index is 10.6. The van der Waals surface area contributed by atoms with Crippen LogP contribution in [0.4, 0.5) is 4.79 Å². The molecule has 1 aromatic rings. The summed E-state index contributed by atoms with van der Waals surface area (Å²) in [5.74, 6) is 0.282. The van der Waals surface area contributed by atoms with Crippen LogP contribution < -0.4 is 5.32 Å². The topological polar surface area (TPSA) is 110 Å².